The molecule has 0 saturated heterocycles. The quantitative estimate of drug-likeness (QED) is 0.515. The number of hydrogen-bond acceptors (Lipinski definition) is 1. The average molecular weight is 262 g/mol. The van der Waals surface area contributed by atoms with E-state index in [1.165, 1.54) is 5.56 Å². The lowest BCUT2D eigenvalue weighted by Gasteiger charge is -1.88. The summed E-state index contributed by atoms with van der Waals surface area (Å²) in [5.41, 5.74) is 3.19. The number of fused-ring (bicyclic) bond motifs is 1. The molecular formula is C18H16NO+. The Hall–Kier alpha value is -2.61. The van der Waals surface area contributed by atoms with Gasteiger partial charge in [0.1, 0.15) is 7.05 Å². The first-order valence-corrected chi connectivity index (χ1v) is 6.62. The zero-order valence-electron chi connectivity index (χ0n) is 11.4. The molecule has 0 aliphatic heterocycles. The summed E-state index contributed by atoms with van der Waals surface area (Å²) >= 11 is 0. The Bertz CT molecular complexity index is 766. The third-order valence-corrected chi connectivity index (χ3v) is 3.21. The average Bonchev–Trinajstić information content (AvgIpc) is 2.82. The minimum atomic E-state index is 0.837. The Balaban J connectivity index is 1.81. The van der Waals surface area contributed by atoms with Crippen molar-refractivity contribution in [2.45, 2.75) is 0 Å². The van der Waals surface area contributed by atoms with Crippen molar-refractivity contribution in [3.63, 3.8) is 0 Å². The highest BCUT2D eigenvalue weighted by molar-refractivity contribution is 5.69. The van der Waals surface area contributed by atoms with Crippen molar-refractivity contribution in [1.82, 2.24) is 0 Å². The number of oxazole rings is 1. The molecule has 3 rings (SSSR count). The smallest absolute Gasteiger partial charge is 0.373 e. The molecule has 0 saturated carbocycles. The van der Waals surface area contributed by atoms with E-state index in [-0.39, 0.29) is 0 Å². The van der Waals surface area contributed by atoms with Crippen LogP contribution < -0.4 is 4.57 Å². The van der Waals surface area contributed by atoms with Crippen LogP contribution in [-0.2, 0) is 7.05 Å². The Morgan fingerprint density at radius 3 is 2.35 bits per heavy atom. The third-order valence-electron chi connectivity index (χ3n) is 3.21. The second kappa shape index (κ2) is 5.57. The lowest BCUT2D eigenvalue weighted by molar-refractivity contribution is -0.652. The predicted molar refractivity (Wildman–Crippen MR) is 81.9 cm³/mol. The van der Waals surface area contributed by atoms with E-state index in [0.29, 0.717) is 0 Å². The van der Waals surface area contributed by atoms with Crippen molar-refractivity contribution < 1.29 is 8.98 Å². The van der Waals surface area contributed by atoms with Gasteiger partial charge in [-0.15, -0.1) is 0 Å². The monoisotopic (exact) mass is 262 g/mol. The van der Waals surface area contributed by atoms with Gasteiger partial charge < -0.3 is 4.42 Å². The molecule has 0 N–H and O–H groups in total. The lowest BCUT2D eigenvalue weighted by Crippen LogP contribution is -2.29. The van der Waals surface area contributed by atoms with Crippen molar-refractivity contribution in [3.05, 3.63) is 78.2 Å². The minimum Gasteiger partial charge on any atom is -0.398 e. The topological polar surface area (TPSA) is 17.0 Å². The molecule has 0 bridgehead atoms. The van der Waals surface area contributed by atoms with Crippen LogP contribution >= 0.6 is 0 Å². The number of nitrogens with zero attached hydrogens (tertiary/aromatic N) is 1. The van der Waals surface area contributed by atoms with Crippen LogP contribution in [0.2, 0.25) is 0 Å². The van der Waals surface area contributed by atoms with Crippen LogP contribution in [0.3, 0.4) is 0 Å². The van der Waals surface area contributed by atoms with E-state index >= 15 is 0 Å². The van der Waals surface area contributed by atoms with Gasteiger partial charge in [0, 0.05) is 6.07 Å². The van der Waals surface area contributed by atoms with Crippen molar-refractivity contribution in [2.24, 2.45) is 7.05 Å². The number of aryl methyl sites for hydroxylation is 1. The second-order valence-electron chi connectivity index (χ2n) is 4.60. The van der Waals surface area contributed by atoms with Crippen LogP contribution in [-0.4, -0.2) is 0 Å². The van der Waals surface area contributed by atoms with E-state index in [1.54, 1.807) is 0 Å². The molecular weight excluding hydrogens is 246 g/mol. The van der Waals surface area contributed by atoms with Gasteiger partial charge in [0.05, 0.1) is 6.08 Å². The van der Waals surface area contributed by atoms with Gasteiger partial charge in [-0.05, 0) is 11.6 Å². The number of aromatic nitrogens is 1. The summed E-state index contributed by atoms with van der Waals surface area (Å²) in [5, 5.41) is 0. The molecule has 0 aliphatic rings. The lowest BCUT2D eigenvalue weighted by atomic mass is 10.2. The van der Waals surface area contributed by atoms with Gasteiger partial charge >= 0.3 is 5.89 Å². The zero-order chi connectivity index (χ0) is 13.8. The third kappa shape index (κ3) is 2.54. The molecule has 0 fully saturated rings. The van der Waals surface area contributed by atoms with Gasteiger partial charge in [-0.3, -0.25) is 0 Å². The van der Waals surface area contributed by atoms with Gasteiger partial charge in [0.2, 0.25) is 5.58 Å². The molecule has 3 aromatic rings. The Labute approximate surface area is 118 Å². The van der Waals surface area contributed by atoms with E-state index in [1.807, 2.05) is 66.2 Å². The maximum atomic E-state index is 5.79. The van der Waals surface area contributed by atoms with Crippen LogP contribution in [0.4, 0.5) is 0 Å². The number of para-hydroxylation sites is 2. The van der Waals surface area contributed by atoms with Crippen LogP contribution in [0.25, 0.3) is 23.3 Å². The first-order chi connectivity index (χ1) is 9.84. The largest absolute Gasteiger partial charge is 0.398 e. The molecule has 0 amide bonds. The molecule has 0 spiro atoms. The maximum Gasteiger partial charge on any atom is 0.373 e. The van der Waals surface area contributed by atoms with E-state index in [0.717, 1.165) is 17.0 Å². The van der Waals surface area contributed by atoms with Gasteiger partial charge in [0.15, 0.2) is 0 Å². The fourth-order valence-electron chi connectivity index (χ4n) is 2.13. The minimum absolute atomic E-state index is 0.837. The van der Waals surface area contributed by atoms with E-state index < -0.39 is 0 Å². The Morgan fingerprint density at radius 2 is 1.55 bits per heavy atom. The molecule has 98 valence electrons. The molecule has 0 radical (unpaired) electrons. The van der Waals surface area contributed by atoms with Gasteiger partial charge in [-0.1, -0.05) is 60.7 Å². The maximum absolute atomic E-state index is 5.79. The summed E-state index contributed by atoms with van der Waals surface area (Å²) in [6.45, 7) is 0. The van der Waals surface area contributed by atoms with Crippen molar-refractivity contribution in [3.8, 4) is 0 Å². The fraction of sp³-hybridized carbons (Fsp3) is 0.0556. The first-order valence-electron chi connectivity index (χ1n) is 6.62. The first kappa shape index (κ1) is 12.4. The molecule has 1 heterocycles. The fourth-order valence-corrected chi connectivity index (χ4v) is 2.13. The highest BCUT2D eigenvalue weighted by Gasteiger charge is 2.14. The second-order valence-corrected chi connectivity index (χ2v) is 4.60. The standard InChI is InChI=1S/C18H16NO/c1-19-16-12-6-7-13-17(16)20-18(19)14-8-5-11-15-9-3-2-4-10-15/h2-14H,1H3/q+1/b11-5+,14-8-. The normalized spacial score (nSPS) is 11.8. The van der Waals surface area contributed by atoms with E-state index in [4.69, 9.17) is 4.42 Å². The van der Waals surface area contributed by atoms with Crippen molar-refractivity contribution >= 4 is 23.3 Å². The zero-order valence-corrected chi connectivity index (χ0v) is 11.4. The van der Waals surface area contributed by atoms with Crippen LogP contribution in [0, 0.1) is 0 Å². The molecule has 0 unspecified atom stereocenters. The summed E-state index contributed by atoms with van der Waals surface area (Å²) < 4.78 is 7.84. The van der Waals surface area contributed by atoms with Crippen LogP contribution in [0.5, 0.6) is 0 Å². The molecule has 2 nitrogen and oxygen atoms in total. The van der Waals surface area contributed by atoms with Crippen molar-refractivity contribution in [1.29, 1.82) is 0 Å². The van der Waals surface area contributed by atoms with Gasteiger partial charge in [-0.2, -0.15) is 4.57 Å². The molecule has 0 atom stereocenters. The summed E-state index contributed by atoms with van der Waals surface area (Å²) in [4.78, 5) is 0. The Morgan fingerprint density at radius 1 is 0.850 bits per heavy atom. The van der Waals surface area contributed by atoms with Crippen LogP contribution in [0.1, 0.15) is 11.5 Å². The molecule has 2 aromatic carbocycles. The molecule has 2 heteroatoms. The molecule has 20 heavy (non-hydrogen) atoms. The van der Waals surface area contributed by atoms with Crippen molar-refractivity contribution in [2.75, 3.05) is 0 Å². The molecule has 0 aliphatic carbocycles. The number of rotatable bonds is 3. The highest BCUT2D eigenvalue weighted by atomic mass is 16.3. The summed E-state index contributed by atoms with van der Waals surface area (Å²) in [6.07, 6.45) is 8.05. The van der Waals surface area contributed by atoms with Gasteiger partial charge in [0.25, 0.3) is 5.52 Å². The summed E-state index contributed by atoms with van der Waals surface area (Å²) in [5.74, 6) is 0.837. The SMILES string of the molecule is C[n+]1c(/C=C\C=C\c2ccccc2)oc2ccccc21. The summed E-state index contributed by atoms with van der Waals surface area (Å²) in [7, 11) is 2.01. The van der Waals surface area contributed by atoms with Gasteiger partial charge in [-0.25, -0.2) is 0 Å². The number of hydrogen-bond donors (Lipinski definition) is 0. The van der Waals surface area contributed by atoms with E-state index in [2.05, 4.69) is 24.3 Å². The van der Waals surface area contributed by atoms with E-state index in [9.17, 15) is 0 Å². The summed E-state index contributed by atoms with van der Waals surface area (Å²) in [6, 6.07) is 18.3. The number of allylic oxidation sites excluding steroid dienone is 2. The Kier molecular flexibility index (Phi) is 3.46. The number of benzene rings is 2. The molecule has 1 aromatic heterocycles. The van der Waals surface area contributed by atoms with Crippen LogP contribution in [0.15, 0.2) is 71.2 Å². The predicted octanol–water partition coefficient (Wildman–Crippen LogP) is 3.98. The highest BCUT2D eigenvalue weighted by Crippen LogP contribution is 2.13.